The summed E-state index contributed by atoms with van der Waals surface area (Å²) in [7, 11) is -3.36. The van der Waals surface area contributed by atoms with E-state index in [1.54, 1.807) is 24.3 Å². The van der Waals surface area contributed by atoms with Gasteiger partial charge in [-0.15, -0.1) is 0 Å². The zero-order valence-electron chi connectivity index (χ0n) is 9.96. The summed E-state index contributed by atoms with van der Waals surface area (Å²) >= 11 is 0. The lowest BCUT2D eigenvalue weighted by Crippen LogP contribution is -2.11. The van der Waals surface area contributed by atoms with E-state index in [1.807, 2.05) is 24.3 Å². The molecule has 92 valence electrons. The van der Waals surface area contributed by atoms with Crippen LogP contribution in [0, 0.1) is 0 Å². The first-order valence-electron chi connectivity index (χ1n) is 6.10. The normalized spacial score (nSPS) is 17.1. The van der Waals surface area contributed by atoms with Crippen molar-refractivity contribution in [2.24, 2.45) is 0 Å². The zero-order chi connectivity index (χ0) is 12.6. The van der Waals surface area contributed by atoms with Crippen molar-refractivity contribution >= 4 is 9.84 Å². The Labute approximate surface area is 107 Å². The number of hydrogen-bond acceptors (Lipinski definition) is 2. The summed E-state index contributed by atoms with van der Waals surface area (Å²) in [5.74, 6) is 0. The first-order chi connectivity index (χ1) is 8.69. The molecule has 0 unspecified atom stereocenters. The Kier molecular flexibility index (Phi) is 2.71. The second kappa shape index (κ2) is 4.25. The van der Waals surface area contributed by atoms with Gasteiger partial charge in [0.15, 0.2) is 0 Å². The summed E-state index contributed by atoms with van der Waals surface area (Å²) < 4.78 is 25.3. The van der Waals surface area contributed by atoms with Gasteiger partial charge in [0.05, 0.1) is 9.79 Å². The van der Waals surface area contributed by atoms with E-state index in [0.717, 1.165) is 30.4 Å². The van der Waals surface area contributed by atoms with Crippen LogP contribution >= 0.6 is 0 Å². The molecule has 0 spiro atoms. The van der Waals surface area contributed by atoms with E-state index in [2.05, 4.69) is 0 Å². The van der Waals surface area contributed by atoms with Gasteiger partial charge in [0.2, 0.25) is 9.84 Å². The van der Waals surface area contributed by atoms with Crippen molar-refractivity contribution in [3.63, 3.8) is 0 Å². The molecule has 0 aliphatic carbocycles. The molecule has 2 nitrogen and oxygen atoms in total. The number of hydrogen-bond donors (Lipinski definition) is 0. The third-order valence-corrected chi connectivity index (χ3v) is 5.37. The predicted molar refractivity (Wildman–Crippen MR) is 70.4 cm³/mol. The Hall–Kier alpha value is -1.61. The Morgan fingerprint density at radius 1 is 0.722 bits per heavy atom. The lowest BCUT2D eigenvalue weighted by molar-refractivity contribution is 0.590. The van der Waals surface area contributed by atoms with Crippen molar-refractivity contribution < 1.29 is 8.42 Å². The minimum absolute atomic E-state index is 0.470. The molecule has 0 bridgehead atoms. The second-order valence-electron chi connectivity index (χ2n) is 4.57. The number of fused-ring (bicyclic) bond motifs is 2. The third-order valence-electron chi connectivity index (χ3n) is 3.42. The van der Waals surface area contributed by atoms with Gasteiger partial charge in [-0.25, -0.2) is 8.42 Å². The van der Waals surface area contributed by atoms with Crippen LogP contribution in [0.25, 0.3) is 0 Å². The molecule has 1 heterocycles. The van der Waals surface area contributed by atoms with E-state index in [4.69, 9.17) is 0 Å². The highest BCUT2D eigenvalue weighted by atomic mass is 32.2. The standard InChI is InChI=1S/C15H14O2S/c16-18(17)14-10-3-1-6-12(14)8-5-9-13-7-2-4-11-15(13)18/h1-4,6-7,10-11H,5,8-9H2. The summed E-state index contributed by atoms with van der Waals surface area (Å²) in [5.41, 5.74) is 1.87. The number of sulfone groups is 1. The van der Waals surface area contributed by atoms with Gasteiger partial charge in [-0.2, -0.15) is 0 Å². The minimum atomic E-state index is -3.36. The van der Waals surface area contributed by atoms with E-state index in [-0.39, 0.29) is 0 Å². The number of aryl methyl sites for hydroxylation is 2. The van der Waals surface area contributed by atoms with Crippen LogP contribution < -0.4 is 0 Å². The van der Waals surface area contributed by atoms with Crippen LogP contribution in [0.1, 0.15) is 17.5 Å². The number of benzene rings is 2. The SMILES string of the molecule is O=S1(=O)c2ccccc2CCCc2ccccc21. The summed E-state index contributed by atoms with van der Waals surface area (Å²) in [6.07, 6.45) is 2.64. The van der Waals surface area contributed by atoms with Crippen LogP contribution in [-0.4, -0.2) is 8.42 Å². The van der Waals surface area contributed by atoms with Crippen molar-refractivity contribution in [2.75, 3.05) is 0 Å². The zero-order valence-corrected chi connectivity index (χ0v) is 10.8. The summed E-state index contributed by atoms with van der Waals surface area (Å²) in [6, 6.07) is 14.7. The smallest absolute Gasteiger partial charge is 0.207 e. The van der Waals surface area contributed by atoms with Crippen LogP contribution in [0.15, 0.2) is 58.3 Å². The van der Waals surface area contributed by atoms with E-state index in [9.17, 15) is 8.42 Å². The van der Waals surface area contributed by atoms with Crippen LogP contribution in [0.2, 0.25) is 0 Å². The van der Waals surface area contributed by atoms with Crippen molar-refractivity contribution in [3.8, 4) is 0 Å². The van der Waals surface area contributed by atoms with Gasteiger partial charge in [0.25, 0.3) is 0 Å². The fraction of sp³-hybridized carbons (Fsp3) is 0.200. The molecule has 0 fully saturated rings. The highest BCUT2D eigenvalue weighted by Gasteiger charge is 2.25. The lowest BCUT2D eigenvalue weighted by Gasteiger charge is -2.17. The summed E-state index contributed by atoms with van der Waals surface area (Å²) in [4.78, 5) is 0.939. The molecule has 2 aromatic rings. The van der Waals surface area contributed by atoms with E-state index in [1.165, 1.54) is 0 Å². The third kappa shape index (κ3) is 1.75. The molecular weight excluding hydrogens is 244 g/mol. The van der Waals surface area contributed by atoms with Gasteiger partial charge >= 0.3 is 0 Å². The van der Waals surface area contributed by atoms with Crippen LogP contribution in [-0.2, 0) is 22.7 Å². The molecule has 1 aliphatic heterocycles. The molecule has 0 N–H and O–H groups in total. The fourth-order valence-corrected chi connectivity index (χ4v) is 4.32. The Balaban J connectivity index is 2.31. The molecule has 0 aromatic heterocycles. The van der Waals surface area contributed by atoms with Crippen LogP contribution in [0.4, 0.5) is 0 Å². The molecule has 0 radical (unpaired) electrons. The Bertz CT molecular complexity index is 634. The lowest BCUT2D eigenvalue weighted by atomic mass is 10.0. The van der Waals surface area contributed by atoms with Gasteiger partial charge in [0.1, 0.15) is 0 Å². The first kappa shape index (κ1) is 11.5. The summed E-state index contributed by atoms with van der Waals surface area (Å²) in [6.45, 7) is 0. The molecule has 0 saturated heterocycles. The Morgan fingerprint density at radius 2 is 1.17 bits per heavy atom. The van der Waals surface area contributed by atoms with Crippen molar-refractivity contribution in [1.29, 1.82) is 0 Å². The molecular formula is C15H14O2S. The minimum Gasteiger partial charge on any atom is -0.218 e. The van der Waals surface area contributed by atoms with Gasteiger partial charge in [-0.3, -0.25) is 0 Å². The Morgan fingerprint density at radius 3 is 1.67 bits per heavy atom. The maximum atomic E-state index is 12.7. The van der Waals surface area contributed by atoms with Crippen LogP contribution in [0.3, 0.4) is 0 Å². The summed E-state index contributed by atoms with van der Waals surface area (Å²) in [5, 5.41) is 0. The maximum Gasteiger partial charge on any atom is 0.207 e. The molecule has 0 saturated carbocycles. The molecule has 2 aromatic carbocycles. The molecule has 0 amide bonds. The average molecular weight is 258 g/mol. The highest BCUT2D eigenvalue weighted by Crippen LogP contribution is 2.30. The fourth-order valence-electron chi connectivity index (χ4n) is 2.53. The second-order valence-corrected chi connectivity index (χ2v) is 6.46. The monoisotopic (exact) mass is 258 g/mol. The highest BCUT2D eigenvalue weighted by molar-refractivity contribution is 7.91. The van der Waals surface area contributed by atoms with Gasteiger partial charge < -0.3 is 0 Å². The number of rotatable bonds is 0. The van der Waals surface area contributed by atoms with E-state index >= 15 is 0 Å². The molecule has 1 aliphatic rings. The first-order valence-corrected chi connectivity index (χ1v) is 7.59. The van der Waals surface area contributed by atoms with Crippen molar-refractivity contribution in [1.82, 2.24) is 0 Å². The largest absolute Gasteiger partial charge is 0.218 e. The van der Waals surface area contributed by atoms with E-state index in [0.29, 0.717) is 9.79 Å². The quantitative estimate of drug-likeness (QED) is 0.728. The maximum absolute atomic E-state index is 12.7. The molecule has 0 atom stereocenters. The molecule has 3 heteroatoms. The van der Waals surface area contributed by atoms with Gasteiger partial charge in [-0.1, -0.05) is 36.4 Å². The van der Waals surface area contributed by atoms with Crippen molar-refractivity contribution in [2.45, 2.75) is 29.1 Å². The van der Waals surface area contributed by atoms with Gasteiger partial charge in [-0.05, 0) is 42.5 Å². The predicted octanol–water partition coefficient (Wildman–Crippen LogP) is 3.01. The van der Waals surface area contributed by atoms with Crippen molar-refractivity contribution in [3.05, 3.63) is 59.7 Å². The van der Waals surface area contributed by atoms with Crippen LogP contribution in [0.5, 0.6) is 0 Å². The topological polar surface area (TPSA) is 34.1 Å². The molecule has 3 rings (SSSR count). The molecule has 18 heavy (non-hydrogen) atoms. The van der Waals surface area contributed by atoms with Gasteiger partial charge in [0, 0.05) is 0 Å². The van der Waals surface area contributed by atoms with E-state index < -0.39 is 9.84 Å². The average Bonchev–Trinajstić information content (AvgIpc) is 2.38.